The molecule has 2 rings (SSSR count). The quantitative estimate of drug-likeness (QED) is 0.482. The molecule has 5 heteroatoms. The number of carbonyl (C=O) groups excluding carboxylic acids is 2. The van der Waals surface area contributed by atoms with E-state index in [-0.39, 0.29) is 12.5 Å². The highest BCUT2D eigenvalue weighted by Crippen LogP contribution is 2.21. The van der Waals surface area contributed by atoms with Gasteiger partial charge in [0.15, 0.2) is 0 Å². The molecule has 2 atom stereocenters. The highest BCUT2D eigenvalue weighted by atomic mass is 35.5. The molecule has 23 heavy (non-hydrogen) atoms. The van der Waals surface area contributed by atoms with E-state index in [2.05, 4.69) is 0 Å². The van der Waals surface area contributed by atoms with Crippen molar-refractivity contribution in [2.75, 3.05) is 13.2 Å². The van der Waals surface area contributed by atoms with Crippen molar-refractivity contribution in [1.29, 1.82) is 0 Å². The summed E-state index contributed by atoms with van der Waals surface area (Å²) in [6, 6.07) is 9.78. The molecule has 1 aliphatic heterocycles. The van der Waals surface area contributed by atoms with Crippen molar-refractivity contribution in [3.63, 3.8) is 0 Å². The molecule has 0 bridgehead atoms. The molecule has 0 saturated carbocycles. The summed E-state index contributed by atoms with van der Waals surface area (Å²) in [6.07, 6.45) is 5.27. The van der Waals surface area contributed by atoms with E-state index in [1.165, 1.54) is 0 Å². The fraction of sp³-hybridized carbons (Fsp3) is 0.444. The molecule has 4 nitrogen and oxygen atoms in total. The van der Waals surface area contributed by atoms with Crippen LogP contribution in [0.4, 0.5) is 0 Å². The van der Waals surface area contributed by atoms with Gasteiger partial charge in [-0.2, -0.15) is 0 Å². The van der Waals surface area contributed by atoms with Gasteiger partial charge in [0.25, 0.3) is 0 Å². The van der Waals surface area contributed by atoms with E-state index in [1.807, 2.05) is 36.4 Å². The first-order valence-corrected chi connectivity index (χ1v) is 8.37. The number of esters is 1. The van der Waals surface area contributed by atoms with Crippen LogP contribution >= 0.6 is 11.6 Å². The normalized spacial score (nSPS) is 23.6. The minimum absolute atomic E-state index is 0.222. The Balaban J connectivity index is 2.16. The van der Waals surface area contributed by atoms with Gasteiger partial charge >= 0.3 is 5.97 Å². The van der Waals surface area contributed by atoms with Gasteiger partial charge in [-0.3, -0.25) is 9.59 Å². The Morgan fingerprint density at radius 2 is 2.09 bits per heavy atom. The predicted octanol–water partition coefficient (Wildman–Crippen LogP) is 3.15. The Morgan fingerprint density at radius 3 is 2.78 bits per heavy atom. The van der Waals surface area contributed by atoms with Gasteiger partial charge < -0.3 is 9.64 Å². The monoisotopic (exact) mass is 335 g/mol. The maximum Gasteiger partial charge on any atom is 0.314 e. The zero-order valence-corrected chi connectivity index (χ0v) is 14.0. The summed E-state index contributed by atoms with van der Waals surface area (Å²) in [5.74, 6) is -1.40. The Labute approximate surface area is 142 Å². The third kappa shape index (κ3) is 4.83. The van der Waals surface area contributed by atoms with Crippen LogP contribution < -0.4 is 0 Å². The number of benzene rings is 1. The second-order valence-corrected chi connectivity index (χ2v) is 5.97. The first-order valence-electron chi connectivity index (χ1n) is 7.93. The van der Waals surface area contributed by atoms with E-state index >= 15 is 0 Å². The number of hydrogen-bond donors (Lipinski definition) is 0. The van der Waals surface area contributed by atoms with Crippen molar-refractivity contribution < 1.29 is 14.3 Å². The second kappa shape index (κ2) is 8.73. The number of alkyl halides is 1. The van der Waals surface area contributed by atoms with Crippen LogP contribution in [-0.2, 0) is 20.9 Å². The lowest BCUT2D eigenvalue weighted by molar-refractivity contribution is -0.149. The van der Waals surface area contributed by atoms with Crippen LogP contribution in [-0.4, -0.2) is 35.3 Å². The maximum absolute atomic E-state index is 12.7. The second-order valence-electron chi connectivity index (χ2n) is 5.50. The van der Waals surface area contributed by atoms with Gasteiger partial charge in [0.2, 0.25) is 5.91 Å². The first kappa shape index (κ1) is 17.5. The maximum atomic E-state index is 12.7. The van der Waals surface area contributed by atoms with Crippen molar-refractivity contribution in [2.45, 2.75) is 31.7 Å². The summed E-state index contributed by atoms with van der Waals surface area (Å²) in [5.41, 5.74) is 1.05. The molecule has 0 radical (unpaired) electrons. The van der Waals surface area contributed by atoms with Gasteiger partial charge in [-0.15, -0.1) is 11.6 Å². The minimum atomic E-state index is -0.938. The summed E-state index contributed by atoms with van der Waals surface area (Å²) in [4.78, 5) is 26.5. The number of hydrogen-bond acceptors (Lipinski definition) is 3. The number of carbonyl (C=O) groups is 2. The summed E-state index contributed by atoms with van der Waals surface area (Å²) in [6.45, 7) is 3.13. The third-order valence-corrected chi connectivity index (χ3v) is 4.24. The van der Waals surface area contributed by atoms with Crippen LogP contribution in [0.25, 0.3) is 0 Å². The molecule has 1 aliphatic rings. The number of halogens is 1. The summed E-state index contributed by atoms with van der Waals surface area (Å²) in [7, 11) is 0. The van der Waals surface area contributed by atoms with Crippen molar-refractivity contribution in [2.24, 2.45) is 5.92 Å². The zero-order chi connectivity index (χ0) is 16.7. The molecular formula is C18H22ClNO3. The smallest absolute Gasteiger partial charge is 0.314 e. The SMILES string of the molecule is CCOC(=O)[C@H]1/C=C/CCCN(Cc2ccccc2)C(=O)[C@@H]1Cl. The van der Waals surface area contributed by atoms with E-state index in [0.717, 1.165) is 18.4 Å². The largest absolute Gasteiger partial charge is 0.465 e. The van der Waals surface area contributed by atoms with E-state index in [1.54, 1.807) is 17.9 Å². The van der Waals surface area contributed by atoms with E-state index in [0.29, 0.717) is 13.1 Å². The van der Waals surface area contributed by atoms with Crippen LogP contribution in [0.2, 0.25) is 0 Å². The average molecular weight is 336 g/mol. The van der Waals surface area contributed by atoms with Gasteiger partial charge in [-0.1, -0.05) is 42.5 Å². The van der Waals surface area contributed by atoms with Gasteiger partial charge in [0.1, 0.15) is 11.3 Å². The predicted molar refractivity (Wildman–Crippen MR) is 90.0 cm³/mol. The molecule has 124 valence electrons. The topological polar surface area (TPSA) is 46.6 Å². The molecule has 0 N–H and O–H groups in total. The van der Waals surface area contributed by atoms with Crippen LogP contribution in [0.3, 0.4) is 0 Å². The standard InChI is InChI=1S/C18H22ClNO3/c1-2-23-18(22)15-11-7-4-8-12-20(17(21)16(15)19)13-14-9-5-3-6-10-14/h3,5-7,9-11,15-16H,2,4,8,12-13H2,1H3/b11-7+/t15-,16+/m0/s1. The van der Waals surface area contributed by atoms with Crippen molar-refractivity contribution in [3.8, 4) is 0 Å². The lowest BCUT2D eigenvalue weighted by atomic mass is 10.0. The molecule has 1 heterocycles. The molecule has 0 aliphatic carbocycles. The molecule has 0 saturated heterocycles. The highest BCUT2D eigenvalue weighted by Gasteiger charge is 2.34. The number of nitrogens with zero attached hydrogens (tertiary/aromatic N) is 1. The molecule has 1 aromatic carbocycles. The highest BCUT2D eigenvalue weighted by molar-refractivity contribution is 6.32. The number of ether oxygens (including phenoxy) is 1. The summed E-state index contributed by atoms with van der Waals surface area (Å²) >= 11 is 6.33. The molecule has 1 amide bonds. The molecule has 0 unspecified atom stereocenters. The fourth-order valence-electron chi connectivity index (χ4n) is 2.58. The average Bonchev–Trinajstić information content (AvgIpc) is 2.62. The molecule has 0 fully saturated rings. The Morgan fingerprint density at radius 1 is 1.35 bits per heavy atom. The lowest BCUT2D eigenvalue weighted by Gasteiger charge is -2.26. The van der Waals surface area contributed by atoms with Crippen LogP contribution in [0.15, 0.2) is 42.5 Å². The Hall–Kier alpha value is -1.81. The zero-order valence-electron chi connectivity index (χ0n) is 13.3. The molecule has 1 aromatic rings. The van der Waals surface area contributed by atoms with Crippen LogP contribution in [0.5, 0.6) is 0 Å². The summed E-state index contributed by atoms with van der Waals surface area (Å²) < 4.78 is 5.05. The van der Waals surface area contributed by atoms with E-state index < -0.39 is 17.3 Å². The fourth-order valence-corrected chi connectivity index (χ4v) is 2.90. The number of amides is 1. The molecular weight excluding hydrogens is 314 g/mol. The molecule has 0 aromatic heterocycles. The van der Waals surface area contributed by atoms with Crippen molar-refractivity contribution in [1.82, 2.24) is 4.90 Å². The van der Waals surface area contributed by atoms with Crippen LogP contribution in [0.1, 0.15) is 25.3 Å². The first-order chi connectivity index (χ1) is 11.1. The molecule has 0 spiro atoms. The number of rotatable bonds is 4. The van der Waals surface area contributed by atoms with Crippen LogP contribution in [0, 0.1) is 5.92 Å². The van der Waals surface area contributed by atoms with Crippen molar-refractivity contribution >= 4 is 23.5 Å². The van der Waals surface area contributed by atoms with E-state index in [9.17, 15) is 9.59 Å². The minimum Gasteiger partial charge on any atom is -0.465 e. The lowest BCUT2D eigenvalue weighted by Crippen LogP contribution is -2.41. The van der Waals surface area contributed by atoms with Gasteiger partial charge in [0.05, 0.1) is 6.61 Å². The Bertz CT molecular complexity index is 559. The van der Waals surface area contributed by atoms with Crippen molar-refractivity contribution in [3.05, 3.63) is 48.0 Å². The van der Waals surface area contributed by atoms with E-state index in [4.69, 9.17) is 16.3 Å². The third-order valence-electron chi connectivity index (χ3n) is 3.78. The number of allylic oxidation sites excluding steroid dienone is 1. The summed E-state index contributed by atoms with van der Waals surface area (Å²) in [5, 5.41) is -0.938. The Kier molecular flexibility index (Phi) is 6.66. The van der Waals surface area contributed by atoms with Gasteiger partial charge in [-0.25, -0.2) is 0 Å². The van der Waals surface area contributed by atoms with Gasteiger partial charge in [0, 0.05) is 13.1 Å². The van der Waals surface area contributed by atoms with Gasteiger partial charge in [-0.05, 0) is 25.3 Å².